The van der Waals surface area contributed by atoms with Gasteiger partial charge in [-0.25, -0.2) is 0 Å². The molecule has 0 saturated carbocycles. The second-order valence-corrected chi connectivity index (χ2v) is 9.30. The predicted molar refractivity (Wildman–Crippen MR) is 88.8 cm³/mol. The van der Waals surface area contributed by atoms with Crippen molar-refractivity contribution in [2.45, 2.75) is 21.4 Å². The first-order valence-electron chi connectivity index (χ1n) is 6.28. The summed E-state index contributed by atoms with van der Waals surface area (Å²) in [7, 11) is 0. The summed E-state index contributed by atoms with van der Waals surface area (Å²) in [6, 6.07) is 0. The van der Waals surface area contributed by atoms with Crippen molar-refractivity contribution < 1.29 is 14.6 Å². The van der Waals surface area contributed by atoms with E-state index in [1.165, 1.54) is 34.9 Å². The normalized spacial score (nSPS) is 18.0. The highest BCUT2D eigenvalue weighted by atomic mass is 32.2. The number of ether oxygens (including phenoxy) is 1. The van der Waals surface area contributed by atoms with E-state index >= 15 is 0 Å². The van der Waals surface area contributed by atoms with E-state index in [0.717, 1.165) is 18.4 Å². The van der Waals surface area contributed by atoms with Crippen molar-refractivity contribution in [2.24, 2.45) is 0 Å². The van der Waals surface area contributed by atoms with Gasteiger partial charge >= 0.3 is 0 Å². The van der Waals surface area contributed by atoms with E-state index in [1.54, 1.807) is 11.8 Å². The Morgan fingerprint density at radius 1 is 1.33 bits per heavy atom. The van der Waals surface area contributed by atoms with Crippen LogP contribution in [0.2, 0.25) is 0 Å². The number of thioether (sulfide) groups is 3. The molecule has 112 valence electrons. The number of fused-ring (bicyclic) bond motifs is 1. The summed E-state index contributed by atoms with van der Waals surface area (Å²) in [5.74, 6) is 1.90. The van der Waals surface area contributed by atoms with Gasteiger partial charge in [0, 0.05) is 16.4 Å². The zero-order valence-corrected chi connectivity index (χ0v) is 14.2. The van der Waals surface area contributed by atoms with Crippen LogP contribution in [0.15, 0.2) is 23.5 Å². The Labute approximate surface area is 138 Å². The lowest BCUT2D eigenvalue weighted by molar-refractivity contribution is -0.115. The molecule has 0 saturated heterocycles. The lowest BCUT2D eigenvalue weighted by Crippen LogP contribution is -2.18. The van der Waals surface area contributed by atoms with E-state index in [1.807, 2.05) is 6.08 Å². The third-order valence-corrected chi connectivity index (χ3v) is 7.93. The highest BCUT2D eigenvalue weighted by molar-refractivity contribution is 8.23. The molecule has 0 aromatic carbocycles. The highest BCUT2D eigenvalue weighted by Crippen LogP contribution is 2.45. The van der Waals surface area contributed by atoms with Crippen LogP contribution in [0.25, 0.3) is 0 Å². The van der Waals surface area contributed by atoms with E-state index in [-0.39, 0.29) is 17.8 Å². The number of carbonyl (C=O) groups excluding carboxylic acids is 1. The van der Waals surface area contributed by atoms with Crippen molar-refractivity contribution in [2.75, 3.05) is 18.1 Å². The molecule has 0 radical (unpaired) electrons. The molecule has 21 heavy (non-hydrogen) atoms. The third-order valence-electron chi connectivity index (χ3n) is 2.88. The zero-order chi connectivity index (χ0) is 14.8. The van der Waals surface area contributed by atoms with Crippen LogP contribution in [0, 0.1) is 0 Å². The standard InChI is InChI=1S/C13H12O4S4/c14-5-8-10(16)11-13(18-4-3-17-11)21-12(8)20-9-2-1-7(15)6-19-9/h2,14H,1,3-6H2. The number of ketones is 1. The molecule has 0 spiro atoms. The first-order valence-corrected chi connectivity index (χ1v) is 9.88. The van der Waals surface area contributed by atoms with Crippen molar-refractivity contribution >= 4 is 52.4 Å². The molecule has 1 N–H and O–H groups in total. The number of allylic oxidation sites excluding steroid dienone is 1. The van der Waals surface area contributed by atoms with Gasteiger partial charge in [0.25, 0.3) is 0 Å². The third kappa shape index (κ3) is 3.34. The van der Waals surface area contributed by atoms with Gasteiger partial charge < -0.3 is 9.84 Å². The Morgan fingerprint density at radius 3 is 2.90 bits per heavy atom. The van der Waals surface area contributed by atoms with Gasteiger partial charge in [0.05, 0.1) is 28.7 Å². The fourth-order valence-electron chi connectivity index (χ4n) is 1.86. The van der Waals surface area contributed by atoms with Gasteiger partial charge in [0.1, 0.15) is 9.99 Å². The molecule has 0 unspecified atom stereocenters. The molecule has 3 rings (SSSR count). The fourth-order valence-corrected chi connectivity index (χ4v) is 6.84. The quantitative estimate of drug-likeness (QED) is 0.889. The van der Waals surface area contributed by atoms with Crippen LogP contribution in [0.4, 0.5) is 0 Å². The van der Waals surface area contributed by atoms with Crippen molar-refractivity contribution in [1.82, 2.24) is 0 Å². The Bertz CT molecular complexity index is 665. The summed E-state index contributed by atoms with van der Waals surface area (Å²) in [6.45, 7) is 0.232. The zero-order valence-electron chi connectivity index (χ0n) is 10.9. The number of hydrogen-bond acceptors (Lipinski definition) is 8. The maximum absolute atomic E-state index is 12.4. The molecule has 3 heterocycles. The first kappa shape index (κ1) is 15.5. The average Bonchev–Trinajstić information content (AvgIpc) is 2.50. The molecule has 2 aliphatic rings. The highest BCUT2D eigenvalue weighted by Gasteiger charge is 2.23. The fraction of sp³-hybridized carbons (Fsp3) is 0.385. The van der Waals surface area contributed by atoms with Crippen molar-refractivity contribution in [3.63, 3.8) is 0 Å². The molecule has 0 aliphatic carbocycles. The molecular weight excluding hydrogens is 348 g/mol. The van der Waals surface area contributed by atoms with E-state index < -0.39 is 0 Å². The Kier molecular flexibility index (Phi) is 5.00. The van der Waals surface area contributed by atoms with Crippen LogP contribution in [0.1, 0.15) is 12.0 Å². The van der Waals surface area contributed by atoms with Gasteiger partial charge in [-0.05, 0) is 0 Å². The van der Waals surface area contributed by atoms with Crippen LogP contribution in [0.5, 0.6) is 5.75 Å². The molecule has 0 bridgehead atoms. The van der Waals surface area contributed by atoms with Gasteiger partial charge in [-0.15, -0.1) is 34.9 Å². The lowest BCUT2D eigenvalue weighted by Gasteiger charge is -2.18. The minimum absolute atomic E-state index is 0.210. The van der Waals surface area contributed by atoms with Crippen molar-refractivity contribution in [3.8, 4) is 5.75 Å². The molecule has 1 aromatic rings. The molecular formula is C13H12O4S4. The molecule has 8 heteroatoms. The Balaban J connectivity index is 1.96. The number of hydrogen-bond donors (Lipinski definition) is 1. The smallest absolute Gasteiger partial charge is 0.229 e. The van der Waals surface area contributed by atoms with E-state index in [9.17, 15) is 14.7 Å². The Hall–Kier alpha value is -0.410. The van der Waals surface area contributed by atoms with E-state index in [4.69, 9.17) is 4.74 Å². The molecule has 2 aliphatic heterocycles. The lowest BCUT2D eigenvalue weighted by atomic mass is 10.3. The monoisotopic (exact) mass is 360 g/mol. The number of aliphatic hydroxyl groups is 1. The minimum atomic E-state index is -0.296. The topological polar surface area (TPSA) is 63.6 Å². The summed E-state index contributed by atoms with van der Waals surface area (Å²) < 4.78 is 8.14. The van der Waals surface area contributed by atoms with Crippen LogP contribution in [-0.4, -0.2) is 29.0 Å². The number of Topliss-reactive ketones (excluding diaryl/α,β-unsaturated/α-hetero) is 1. The SMILES string of the molecule is O=C1CC=C(Sc2sc3c(c(=O)c2CO)OCCS3)SC1. The number of carbonyl (C=O) groups is 1. The molecule has 0 fully saturated rings. The van der Waals surface area contributed by atoms with Crippen molar-refractivity contribution in [1.29, 1.82) is 0 Å². The average molecular weight is 361 g/mol. The first-order chi connectivity index (χ1) is 10.2. The summed E-state index contributed by atoms with van der Waals surface area (Å²) >= 11 is 6.06. The van der Waals surface area contributed by atoms with Gasteiger partial charge in [-0.3, -0.25) is 9.59 Å². The van der Waals surface area contributed by atoms with Gasteiger partial charge in [-0.1, -0.05) is 17.8 Å². The maximum Gasteiger partial charge on any atom is 0.229 e. The summed E-state index contributed by atoms with van der Waals surface area (Å²) in [5.41, 5.74) is 0.183. The van der Waals surface area contributed by atoms with Crippen LogP contribution >= 0.6 is 46.6 Å². The largest absolute Gasteiger partial charge is 0.487 e. The number of rotatable bonds is 3. The molecule has 1 aromatic heterocycles. The van der Waals surface area contributed by atoms with Crippen LogP contribution in [-0.2, 0) is 11.4 Å². The molecule has 0 atom stereocenters. The number of aliphatic hydroxyl groups excluding tert-OH is 1. The Morgan fingerprint density at radius 2 is 2.19 bits per heavy atom. The molecule has 4 nitrogen and oxygen atoms in total. The maximum atomic E-state index is 12.4. The minimum Gasteiger partial charge on any atom is -0.487 e. The van der Waals surface area contributed by atoms with Gasteiger partial charge in [0.2, 0.25) is 5.43 Å². The van der Waals surface area contributed by atoms with Gasteiger partial charge in [-0.2, -0.15) is 0 Å². The predicted octanol–water partition coefficient (Wildman–Crippen LogP) is 2.72. The summed E-state index contributed by atoms with van der Waals surface area (Å²) in [5, 5.41) is 9.52. The van der Waals surface area contributed by atoms with E-state index in [2.05, 4.69) is 0 Å². The van der Waals surface area contributed by atoms with Crippen LogP contribution < -0.4 is 10.2 Å². The van der Waals surface area contributed by atoms with Gasteiger partial charge in [0.15, 0.2) is 5.75 Å². The summed E-state index contributed by atoms with van der Waals surface area (Å²) in [6.07, 6.45) is 2.34. The summed E-state index contributed by atoms with van der Waals surface area (Å²) in [4.78, 5) is 23.6. The van der Waals surface area contributed by atoms with E-state index in [0.29, 0.717) is 30.1 Å². The second kappa shape index (κ2) is 6.78. The molecule has 0 amide bonds. The van der Waals surface area contributed by atoms with Crippen LogP contribution in [0.3, 0.4) is 0 Å². The van der Waals surface area contributed by atoms with Crippen molar-refractivity contribution in [3.05, 3.63) is 26.1 Å². The second-order valence-electron chi connectivity index (χ2n) is 4.33.